The molecule has 0 bridgehead atoms. The van der Waals surface area contributed by atoms with Crippen molar-refractivity contribution < 1.29 is 4.79 Å². The van der Waals surface area contributed by atoms with Crippen LogP contribution in [0.15, 0.2) is 0 Å². The highest BCUT2D eigenvalue weighted by molar-refractivity contribution is 5.81. The highest BCUT2D eigenvalue weighted by Gasteiger charge is 2.42. The normalized spacial score (nSPS) is 36.3. The molecule has 3 heteroatoms. The summed E-state index contributed by atoms with van der Waals surface area (Å²) in [6.07, 6.45) is 3.00. The Balaban J connectivity index is 1.91. The van der Waals surface area contributed by atoms with E-state index in [-0.39, 0.29) is 17.7 Å². The summed E-state index contributed by atoms with van der Waals surface area (Å²) in [6, 6.07) is 2.27. The molecule has 3 unspecified atom stereocenters. The van der Waals surface area contributed by atoms with Gasteiger partial charge in [0.15, 0.2) is 0 Å². The van der Waals surface area contributed by atoms with E-state index in [9.17, 15) is 4.79 Å². The van der Waals surface area contributed by atoms with E-state index in [0.29, 0.717) is 12.5 Å². The van der Waals surface area contributed by atoms with E-state index in [2.05, 4.69) is 13.0 Å². The van der Waals surface area contributed by atoms with Gasteiger partial charge in [0.1, 0.15) is 0 Å². The van der Waals surface area contributed by atoms with E-state index in [1.54, 1.807) is 0 Å². The fourth-order valence-electron chi connectivity index (χ4n) is 2.18. The Morgan fingerprint density at radius 2 is 2.29 bits per heavy atom. The summed E-state index contributed by atoms with van der Waals surface area (Å²) in [5, 5.41) is 8.81. The molecule has 14 heavy (non-hydrogen) atoms. The lowest BCUT2D eigenvalue weighted by molar-refractivity contribution is -0.134. The van der Waals surface area contributed by atoms with E-state index in [0.717, 1.165) is 25.8 Å². The first kappa shape index (κ1) is 9.51. The molecule has 76 valence electrons. The first-order valence-electron chi connectivity index (χ1n) is 5.40. The Morgan fingerprint density at radius 1 is 1.57 bits per heavy atom. The van der Waals surface area contributed by atoms with E-state index in [1.807, 2.05) is 4.90 Å². The van der Waals surface area contributed by atoms with Gasteiger partial charge in [0.25, 0.3) is 0 Å². The summed E-state index contributed by atoms with van der Waals surface area (Å²) >= 11 is 0. The van der Waals surface area contributed by atoms with Crippen molar-refractivity contribution in [1.29, 1.82) is 5.26 Å². The second kappa shape index (κ2) is 3.61. The number of carbonyl (C=O) groups is 1. The van der Waals surface area contributed by atoms with E-state index in [4.69, 9.17) is 5.26 Å². The average Bonchev–Trinajstić information content (AvgIpc) is 2.94. The molecule has 2 fully saturated rings. The van der Waals surface area contributed by atoms with Crippen molar-refractivity contribution >= 4 is 5.91 Å². The number of carbonyl (C=O) groups excluding carboxylic acids is 1. The summed E-state index contributed by atoms with van der Waals surface area (Å²) in [5.74, 6) is 1.21. The topological polar surface area (TPSA) is 44.1 Å². The predicted octanol–water partition coefficient (Wildman–Crippen LogP) is 1.40. The van der Waals surface area contributed by atoms with Crippen molar-refractivity contribution in [3.8, 4) is 6.07 Å². The van der Waals surface area contributed by atoms with Crippen LogP contribution in [0, 0.1) is 29.1 Å². The Hall–Kier alpha value is -1.04. The molecule has 0 aromatic rings. The Morgan fingerprint density at radius 3 is 2.86 bits per heavy atom. The van der Waals surface area contributed by atoms with Gasteiger partial charge in [-0.15, -0.1) is 0 Å². The van der Waals surface area contributed by atoms with Gasteiger partial charge < -0.3 is 4.90 Å². The first-order valence-corrected chi connectivity index (χ1v) is 5.40. The maximum Gasteiger partial charge on any atom is 0.226 e. The number of nitriles is 1. The van der Waals surface area contributed by atoms with E-state index >= 15 is 0 Å². The smallest absolute Gasteiger partial charge is 0.226 e. The first-order chi connectivity index (χ1) is 6.72. The van der Waals surface area contributed by atoms with Gasteiger partial charge in [-0.25, -0.2) is 0 Å². The number of hydrogen-bond acceptors (Lipinski definition) is 2. The maximum atomic E-state index is 11.8. The third-order valence-electron chi connectivity index (χ3n) is 3.34. The lowest BCUT2D eigenvalue weighted by Gasteiger charge is -2.29. The number of hydrogen-bond donors (Lipinski definition) is 0. The highest BCUT2D eigenvalue weighted by atomic mass is 16.2. The predicted molar refractivity (Wildman–Crippen MR) is 52.2 cm³/mol. The molecule has 0 spiro atoms. The fraction of sp³-hybridized carbons (Fsp3) is 0.818. The van der Waals surface area contributed by atoms with E-state index < -0.39 is 0 Å². The van der Waals surface area contributed by atoms with Gasteiger partial charge in [-0.05, 0) is 25.2 Å². The van der Waals surface area contributed by atoms with Crippen LogP contribution in [-0.4, -0.2) is 23.9 Å². The van der Waals surface area contributed by atoms with Crippen LogP contribution in [0.25, 0.3) is 0 Å². The molecule has 0 radical (unpaired) electrons. The van der Waals surface area contributed by atoms with Gasteiger partial charge in [0.2, 0.25) is 5.91 Å². The number of piperidine rings is 1. The van der Waals surface area contributed by atoms with Gasteiger partial charge in [-0.1, -0.05) is 6.92 Å². The zero-order valence-corrected chi connectivity index (χ0v) is 8.57. The van der Waals surface area contributed by atoms with Gasteiger partial charge in [-0.3, -0.25) is 4.79 Å². The van der Waals surface area contributed by atoms with Crippen LogP contribution in [0.1, 0.15) is 26.2 Å². The van der Waals surface area contributed by atoms with Crippen molar-refractivity contribution in [2.24, 2.45) is 17.8 Å². The zero-order valence-electron chi connectivity index (χ0n) is 8.57. The minimum Gasteiger partial charge on any atom is -0.341 e. The second-order valence-corrected chi connectivity index (χ2v) is 4.57. The number of likely N-dealkylation sites (tertiary alicyclic amines) is 1. The molecule has 1 saturated carbocycles. The Kier molecular flexibility index (Phi) is 2.45. The quantitative estimate of drug-likeness (QED) is 0.630. The van der Waals surface area contributed by atoms with Gasteiger partial charge in [-0.2, -0.15) is 5.26 Å². The van der Waals surface area contributed by atoms with Crippen molar-refractivity contribution in [3.63, 3.8) is 0 Å². The average molecular weight is 192 g/mol. The summed E-state index contributed by atoms with van der Waals surface area (Å²) in [4.78, 5) is 13.7. The molecular weight excluding hydrogens is 176 g/mol. The van der Waals surface area contributed by atoms with Crippen LogP contribution in [-0.2, 0) is 4.79 Å². The number of amides is 1. The maximum absolute atomic E-state index is 11.8. The molecule has 3 nitrogen and oxygen atoms in total. The van der Waals surface area contributed by atoms with Crippen molar-refractivity contribution in [1.82, 2.24) is 4.90 Å². The van der Waals surface area contributed by atoms with Crippen LogP contribution in [0.4, 0.5) is 0 Å². The standard InChI is InChI=1S/C11H16N2O/c1-8-5-10(8)11(14)13-4-2-3-9(6-12)7-13/h8-10H,2-5,7H2,1H3. The SMILES string of the molecule is CC1CC1C(=O)N1CCCC(C#N)C1. The number of nitrogens with zero attached hydrogens (tertiary/aromatic N) is 2. The molecule has 0 N–H and O–H groups in total. The van der Waals surface area contributed by atoms with Crippen molar-refractivity contribution in [2.45, 2.75) is 26.2 Å². The van der Waals surface area contributed by atoms with Crippen LogP contribution in [0.5, 0.6) is 0 Å². The second-order valence-electron chi connectivity index (χ2n) is 4.57. The Labute approximate surface area is 84.7 Å². The summed E-state index contributed by atoms with van der Waals surface area (Å²) in [6.45, 7) is 3.65. The molecule has 0 aromatic heterocycles. The molecule has 1 aliphatic heterocycles. The summed E-state index contributed by atoms with van der Waals surface area (Å²) in [5.41, 5.74) is 0. The lowest BCUT2D eigenvalue weighted by Crippen LogP contribution is -2.40. The summed E-state index contributed by atoms with van der Waals surface area (Å²) < 4.78 is 0. The monoisotopic (exact) mass is 192 g/mol. The molecule has 1 aliphatic carbocycles. The van der Waals surface area contributed by atoms with Crippen molar-refractivity contribution in [3.05, 3.63) is 0 Å². The minimum absolute atomic E-state index is 0.0711. The Bertz CT molecular complexity index is 282. The molecular formula is C11H16N2O. The van der Waals surface area contributed by atoms with Gasteiger partial charge in [0.05, 0.1) is 12.0 Å². The van der Waals surface area contributed by atoms with Crippen LogP contribution < -0.4 is 0 Å². The van der Waals surface area contributed by atoms with E-state index in [1.165, 1.54) is 0 Å². The molecule has 0 aromatic carbocycles. The van der Waals surface area contributed by atoms with Gasteiger partial charge >= 0.3 is 0 Å². The summed E-state index contributed by atoms with van der Waals surface area (Å²) in [7, 11) is 0. The van der Waals surface area contributed by atoms with Gasteiger partial charge in [0, 0.05) is 19.0 Å². The molecule has 2 rings (SSSR count). The molecule has 3 atom stereocenters. The van der Waals surface area contributed by atoms with Crippen LogP contribution in [0.2, 0.25) is 0 Å². The molecule has 1 saturated heterocycles. The highest BCUT2D eigenvalue weighted by Crippen LogP contribution is 2.39. The third kappa shape index (κ3) is 1.75. The zero-order chi connectivity index (χ0) is 10.1. The van der Waals surface area contributed by atoms with Crippen molar-refractivity contribution in [2.75, 3.05) is 13.1 Å². The third-order valence-corrected chi connectivity index (χ3v) is 3.34. The lowest BCUT2D eigenvalue weighted by atomic mass is 9.99. The molecule has 1 heterocycles. The number of rotatable bonds is 1. The van der Waals surface area contributed by atoms with Crippen LogP contribution >= 0.6 is 0 Å². The minimum atomic E-state index is 0.0711. The molecule has 1 amide bonds. The largest absolute Gasteiger partial charge is 0.341 e. The fourth-order valence-corrected chi connectivity index (χ4v) is 2.18. The van der Waals surface area contributed by atoms with Crippen LogP contribution in [0.3, 0.4) is 0 Å². The molecule has 2 aliphatic rings.